The Labute approximate surface area is 90.9 Å². The first kappa shape index (κ1) is 11.7. The van der Waals surface area contributed by atoms with Crippen LogP contribution in [-0.2, 0) is 6.54 Å². The molecule has 1 unspecified atom stereocenters. The third-order valence-corrected chi connectivity index (χ3v) is 3.60. The first-order valence-electron chi connectivity index (χ1n) is 5.01. The molecule has 1 heterocycles. The summed E-state index contributed by atoms with van der Waals surface area (Å²) in [7, 11) is 4.23. The number of aryl methyl sites for hydroxylation is 1. The van der Waals surface area contributed by atoms with E-state index < -0.39 is 0 Å². The lowest BCUT2D eigenvalue weighted by atomic mass is 10.2. The normalized spacial score (nSPS) is 13.5. The zero-order valence-electron chi connectivity index (χ0n) is 9.50. The Kier molecular flexibility index (Phi) is 4.58. The molecule has 0 spiro atoms. The lowest BCUT2D eigenvalue weighted by Gasteiger charge is -2.19. The number of nitrogens with one attached hydrogen (secondary N) is 1. The van der Waals surface area contributed by atoms with Gasteiger partial charge in [-0.2, -0.15) is 0 Å². The molecule has 1 aromatic heterocycles. The maximum Gasteiger partial charge on any atom is 0.0303 e. The molecule has 0 radical (unpaired) electrons. The first-order chi connectivity index (χ1) is 6.61. The van der Waals surface area contributed by atoms with Gasteiger partial charge >= 0.3 is 0 Å². The van der Waals surface area contributed by atoms with E-state index in [1.807, 2.05) is 11.3 Å². The predicted octanol–water partition coefficient (Wildman–Crippen LogP) is 2.10. The number of rotatable bonds is 5. The van der Waals surface area contributed by atoms with Gasteiger partial charge in [0.2, 0.25) is 0 Å². The second-order valence-electron chi connectivity index (χ2n) is 3.97. The van der Waals surface area contributed by atoms with E-state index in [4.69, 9.17) is 0 Å². The molecular formula is C11H20N2S. The van der Waals surface area contributed by atoms with Crippen molar-refractivity contribution in [2.75, 3.05) is 20.6 Å². The van der Waals surface area contributed by atoms with Crippen molar-refractivity contribution in [3.8, 4) is 0 Å². The standard InChI is InChI=1S/C11H20N2S/c1-9-5-6-14-11(9)8-12-7-10(2)13(3)4/h5-6,10,12H,7-8H2,1-4H3. The van der Waals surface area contributed by atoms with E-state index in [-0.39, 0.29) is 0 Å². The topological polar surface area (TPSA) is 15.3 Å². The van der Waals surface area contributed by atoms with Crippen LogP contribution < -0.4 is 5.32 Å². The Bertz CT molecular complexity index is 268. The predicted molar refractivity (Wildman–Crippen MR) is 63.9 cm³/mol. The van der Waals surface area contributed by atoms with E-state index in [1.165, 1.54) is 10.4 Å². The highest BCUT2D eigenvalue weighted by atomic mass is 32.1. The van der Waals surface area contributed by atoms with Crippen LogP contribution in [0.25, 0.3) is 0 Å². The molecule has 0 saturated heterocycles. The molecule has 2 nitrogen and oxygen atoms in total. The summed E-state index contributed by atoms with van der Waals surface area (Å²) in [4.78, 5) is 3.69. The summed E-state index contributed by atoms with van der Waals surface area (Å²) in [6, 6.07) is 2.77. The van der Waals surface area contributed by atoms with Crippen LogP contribution in [0.4, 0.5) is 0 Å². The molecule has 1 N–H and O–H groups in total. The highest BCUT2D eigenvalue weighted by Gasteiger charge is 2.04. The molecule has 1 atom stereocenters. The van der Waals surface area contributed by atoms with Crippen LogP contribution in [0.2, 0.25) is 0 Å². The van der Waals surface area contributed by atoms with E-state index in [0.717, 1.165) is 13.1 Å². The summed E-state index contributed by atoms with van der Waals surface area (Å²) >= 11 is 1.83. The van der Waals surface area contributed by atoms with E-state index in [9.17, 15) is 0 Å². The van der Waals surface area contributed by atoms with Crippen LogP contribution >= 0.6 is 11.3 Å². The molecule has 0 fully saturated rings. The monoisotopic (exact) mass is 212 g/mol. The van der Waals surface area contributed by atoms with Gasteiger partial charge < -0.3 is 10.2 Å². The Morgan fingerprint density at radius 2 is 2.21 bits per heavy atom. The molecule has 1 aromatic rings. The fraction of sp³-hybridized carbons (Fsp3) is 0.636. The van der Waals surface area contributed by atoms with Crippen LogP contribution in [0.15, 0.2) is 11.4 Å². The summed E-state index contributed by atoms with van der Waals surface area (Å²) in [6.07, 6.45) is 0. The molecule has 14 heavy (non-hydrogen) atoms. The molecule has 0 aliphatic heterocycles. The maximum absolute atomic E-state index is 3.48. The van der Waals surface area contributed by atoms with Crippen molar-refractivity contribution in [1.82, 2.24) is 10.2 Å². The van der Waals surface area contributed by atoms with Gasteiger partial charge in [0.1, 0.15) is 0 Å². The van der Waals surface area contributed by atoms with E-state index in [1.54, 1.807) is 0 Å². The van der Waals surface area contributed by atoms with Gasteiger partial charge in [0.25, 0.3) is 0 Å². The quantitative estimate of drug-likeness (QED) is 0.804. The molecule has 0 aliphatic rings. The molecule has 1 rings (SSSR count). The third-order valence-electron chi connectivity index (χ3n) is 2.58. The Balaban J connectivity index is 2.25. The smallest absolute Gasteiger partial charge is 0.0303 e. The van der Waals surface area contributed by atoms with E-state index >= 15 is 0 Å². The molecule has 0 amide bonds. The van der Waals surface area contributed by atoms with Crippen LogP contribution in [-0.4, -0.2) is 31.6 Å². The van der Waals surface area contributed by atoms with Gasteiger partial charge in [-0.3, -0.25) is 0 Å². The summed E-state index contributed by atoms with van der Waals surface area (Å²) < 4.78 is 0. The number of nitrogens with zero attached hydrogens (tertiary/aromatic N) is 1. The summed E-state index contributed by atoms with van der Waals surface area (Å²) in [5.74, 6) is 0. The minimum absolute atomic E-state index is 0.593. The van der Waals surface area contributed by atoms with Crippen molar-refractivity contribution in [3.63, 3.8) is 0 Å². The summed E-state index contributed by atoms with van der Waals surface area (Å²) in [5, 5.41) is 5.63. The molecule has 0 aliphatic carbocycles. The maximum atomic E-state index is 3.48. The van der Waals surface area contributed by atoms with Crippen LogP contribution in [0.3, 0.4) is 0 Å². The van der Waals surface area contributed by atoms with Crippen molar-refractivity contribution in [1.29, 1.82) is 0 Å². The van der Waals surface area contributed by atoms with Gasteiger partial charge in [0, 0.05) is 24.0 Å². The van der Waals surface area contributed by atoms with E-state index in [2.05, 4.69) is 49.6 Å². The Hall–Kier alpha value is -0.380. The van der Waals surface area contributed by atoms with Gasteiger partial charge in [-0.15, -0.1) is 11.3 Å². The fourth-order valence-electron chi connectivity index (χ4n) is 1.16. The molecular weight excluding hydrogens is 192 g/mol. The van der Waals surface area contributed by atoms with Gasteiger partial charge in [-0.25, -0.2) is 0 Å². The molecule has 80 valence electrons. The van der Waals surface area contributed by atoms with Crippen LogP contribution in [0.1, 0.15) is 17.4 Å². The van der Waals surface area contributed by atoms with Gasteiger partial charge in [0.15, 0.2) is 0 Å². The zero-order valence-corrected chi connectivity index (χ0v) is 10.3. The number of likely N-dealkylation sites (N-methyl/N-ethyl adjacent to an activating group) is 1. The first-order valence-corrected chi connectivity index (χ1v) is 5.89. The number of hydrogen-bond acceptors (Lipinski definition) is 3. The summed E-state index contributed by atoms with van der Waals surface area (Å²) in [6.45, 7) is 6.45. The van der Waals surface area contributed by atoms with Gasteiger partial charge in [-0.1, -0.05) is 0 Å². The average Bonchev–Trinajstić information content (AvgIpc) is 2.51. The van der Waals surface area contributed by atoms with Gasteiger partial charge in [-0.05, 0) is 45.0 Å². The fourth-order valence-corrected chi connectivity index (χ4v) is 2.04. The third kappa shape index (κ3) is 3.40. The van der Waals surface area contributed by atoms with Crippen molar-refractivity contribution >= 4 is 11.3 Å². The van der Waals surface area contributed by atoms with E-state index in [0.29, 0.717) is 6.04 Å². The minimum atomic E-state index is 0.593. The highest BCUT2D eigenvalue weighted by Crippen LogP contribution is 2.14. The van der Waals surface area contributed by atoms with Gasteiger partial charge in [0.05, 0.1) is 0 Å². The highest BCUT2D eigenvalue weighted by molar-refractivity contribution is 7.10. The molecule has 0 bridgehead atoms. The number of hydrogen-bond donors (Lipinski definition) is 1. The van der Waals surface area contributed by atoms with Crippen molar-refractivity contribution in [3.05, 3.63) is 21.9 Å². The van der Waals surface area contributed by atoms with Crippen LogP contribution in [0, 0.1) is 6.92 Å². The largest absolute Gasteiger partial charge is 0.310 e. The SMILES string of the molecule is Cc1ccsc1CNCC(C)N(C)C. The second kappa shape index (κ2) is 5.49. The average molecular weight is 212 g/mol. The van der Waals surface area contributed by atoms with Crippen LogP contribution in [0.5, 0.6) is 0 Å². The zero-order chi connectivity index (χ0) is 10.6. The van der Waals surface area contributed by atoms with Crippen molar-refractivity contribution in [2.24, 2.45) is 0 Å². The lowest BCUT2D eigenvalue weighted by molar-refractivity contribution is 0.303. The van der Waals surface area contributed by atoms with Crippen molar-refractivity contribution < 1.29 is 0 Å². The Morgan fingerprint density at radius 3 is 2.71 bits per heavy atom. The minimum Gasteiger partial charge on any atom is -0.310 e. The number of thiophene rings is 1. The lowest BCUT2D eigenvalue weighted by Crippen LogP contribution is -2.35. The molecule has 0 aromatic carbocycles. The summed E-state index contributed by atoms with van der Waals surface area (Å²) in [5.41, 5.74) is 1.40. The second-order valence-corrected chi connectivity index (χ2v) is 4.97. The Morgan fingerprint density at radius 1 is 1.50 bits per heavy atom. The molecule has 3 heteroatoms. The van der Waals surface area contributed by atoms with Crippen molar-refractivity contribution in [2.45, 2.75) is 26.4 Å². The molecule has 0 saturated carbocycles.